The van der Waals surface area contributed by atoms with Crippen LogP contribution in [0.5, 0.6) is 17.2 Å². The molecular weight excluding hydrogens is 472 g/mol. The zero-order valence-electron chi connectivity index (χ0n) is 20.5. The SMILES string of the molecule is Cc1ncccc1Oc1ccnc(C(=O)NC2COc3ccc(C#CC4(O)CCC4)cc3N(C)C2=O)c1. The van der Waals surface area contributed by atoms with Crippen LogP contribution < -0.4 is 19.7 Å². The summed E-state index contributed by atoms with van der Waals surface area (Å²) in [5.74, 6) is 6.53. The lowest BCUT2D eigenvalue weighted by molar-refractivity contribution is -0.120. The largest absolute Gasteiger partial charge is 0.489 e. The lowest BCUT2D eigenvalue weighted by Gasteiger charge is -2.30. The third kappa shape index (κ3) is 5.25. The molecule has 1 aliphatic heterocycles. The van der Waals surface area contributed by atoms with Crippen molar-refractivity contribution in [2.24, 2.45) is 0 Å². The zero-order valence-corrected chi connectivity index (χ0v) is 20.5. The van der Waals surface area contributed by atoms with Gasteiger partial charge in [-0.25, -0.2) is 0 Å². The number of aromatic nitrogens is 2. The standard InChI is InChI=1S/C28H26N4O5/c1-18-24(5-3-13-29-18)37-20-9-14-30-21(16-20)26(33)31-22-17-36-25-7-6-19(8-12-28(35)10-4-11-28)15-23(25)32(2)27(22)34/h3,5-7,9,13-16,22,35H,4,10-11,17H2,1-2H3,(H,31,33). The normalized spacial score (nSPS) is 17.8. The minimum Gasteiger partial charge on any atom is -0.489 e. The van der Waals surface area contributed by atoms with Crippen molar-refractivity contribution in [3.63, 3.8) is 0 Å². The van der Waals surface area contributed by atoms with Crippen LogP contribution in [0.2, 0.25) is 0 Å². The van der Waals surface area contributed by atoms with E-state index < -0.39 is 17.6 Å². The number of aliphatic hydroxyl groups is 1. The van der Waals surface area contributed by atoms with Crippen molar-refractivity contribution in [3.8, 4) is 29.1 Å². The molecule has 1 saturated carbocycles. The predicted octanol–water partition coefficient (Wildman–Crippen LogP) is 3.00. The van der Waals surface area contributed by atoms with Gasteiger partial charge >= 0.3 is 0 Å². The first-order valence-electron chi connectivity index (χ1n) is 12.0. The van der Waals surface area contributed by atoms with Crippen LogP contribution in [0, 0.1) is 18.8 Å². The predicted molar refractivity (Wildman–Crippen MR) is 136 cm³/mol. The molecule has 37 heavy (non-hydrogen) atoms. The first-order valence-corrected chi connectivity index (χ1v) is 12.0. The number of ether oxygens (including phenoxy) is 2. The molecule has 1 fully saturated rings. The van der Waals surface area contributed by atoms with E-state index in [2.05, 4.69) is 27.1 Å². The molecule has 0 spiro atoms. The Hall–Kier alpha value is -4.42. The van der Waals surface area contributed by atoms with E-state index in [9.17, 15) is 14.7 Å². The summed E-state index contributed by atoms with van der Waals surface area (Å²) in [6.07, 6.45) is 5.43. The van der Waals surface area contributed by atoms with Gasteiger partial charge < -0.3 is 24.8 Å². The number of carbonyl (C=O) groups is 2. The highest BCUT2D eigenvalue weighted by Gasteiger charge is 2.33. The second-order valence-electron chi connectivity index (χ2n) is 9.12. The Labute approximate surface area is 214 Å². The maximum Gasteiger partial charge on any atom is 0.270 e. The van der Waals surface area contributed by atoms with Crippen LogP contribution in [0.1, 0.15) is 41.0 Å². The third-order valence-electron chi connectivity index (χ3n) is 6.43. The fourth-order valence-corrected chi connectivity index (χ4v) is 4.04. The smallest absolute Gasteiger partial charge is 0.270 e. The molecule has 1 aliphatic carbocycles. The highest BCUT2D eigenvalue weighted by atomic mass is 16.5. The lowest BCUT2D eigenvalue weighted by atomic mass is 9.81. The summed E-state index contributed by atoms with van der Waals surface area (Å²) in [5.41, 5.74) is 1.09. The molecule has 9 nitrogen and oxygen atoms in total. The topological polar surface area (TPSA) is 114 Å². The zero-order chi connectivity index (χ0) is 26.0. The molecule has 0 radical (unpaired) electrons. The number of rotatable bonds is 4. The van der Waals surface area contributed by atoms with E-state index in [0.717, 1.165) is 6.42 Å². The van der Waals surface area contributed by atoms with E-state index in [4.69, 9.17) is 9.47 Å². The average Bonchev–Trinajstić information content (AvgIpc) is 3.00. The molecule has 1 unspecified atom stereocenters. The average molecular weight is 499 g/mol. The van der Waals surface area contributed by atoms with E-state index in [1.165, 1.54) is 17.2 Å². The van der Waals surface area contributed by atoms with Gasteiger partial charge in [-0.3, -0.25) is 19.6 Å². The van der Waals surface area contributed by atoms with E-state index in [-0.39, 0.29) is 18.2 Å². The van der Waals surface area contributed by atoms with Crippen LogP contribution in [-0.2, 0) is 4.79 Å². The Balaban J connectivity index is 1.29. The van der Waals surface area contributed by atoms with Gasteiger partial charge in [0.15, 0.2) is 0 Å². The lowest BCUT2D eigenvalue weighted by Crippen LogP contribution is -2.49. The molecule has 3 heterocycles. The minimum absolute atomic E-state index is 0.0439. The van der Waals surface area contributed by atoms with Crippen molar-refractivity contribution < 1.29 is 24.2 Å². The number of aryl methyl sites for hydroxylation is 1. The number of hydrogen-bond acceptors (Lipinski definition) is 7. The summed E-state index contributed by atoms with van der Waals surface area (Å²) < 4.78 is 11.7. The van der Waals surface area contributed by atoms with Gasteiger partial charge in [0.2, 0.25) is 0 Å². The monoisotopic (exact) mass is 498 g/mol. The highest BCUT2D eigenvalue weighted by Crippen LogP contribution is 2.33. The molecule has 1 atom stereocenters. The Morgan fingerprint density at radius 2 is 2.05 bits per heavy atom. The Kier molecular flexibility index (Phi) is 6.51. The van der Waals surface area contributed by atoms with Crippen LogP contribution >= 0.6 is 0 Å². The van der Waals surface area contributed by atoms with Crippen molar-refractivity contribution in [2.75, 3.05) is 18.6 Å². The maximum atomic E-state index is 13.2. The Bertz CT molecular complexity index is 1420. The molecule has 0 saturated heterocycles. The molecule has 188 valence electrons. The van der Waals surface area contributed by atoms with Gasteiger partial charge in [-0.2, -0.15) is 0 Å². The first-order chi connectivity index (χ1) is 17.8. The second kappa shape index (κ2) is 9.91. The molecule has 2 aliphatic rings. The highest BCUT2D eigenvalue weighted by molar-refractivity contribution is 6.03. The summed E-state index contributed by atoms with van der Waals surface area (Å²) >= 11 is 0. The number of likely N-dealkylation sites (N-methyl/N-ethyl adjacent to an activating group) is 1. The van der Waals surface area contributed by atoms with Crippen molar-refractivity contribution in [3.05, 3.63) is 71.8 Å². The van der Waals surface area contributed by atoms with E-state index >= 15 is 0 Å². The molecular formula is C28H26N4O5. The van der Waals surface area contributed by atoms with Gasteiger partial charge in [-0.15, -0.1) is 0 Å². The van der Waals surface area contributed by atoms with Crippen LogP contribution in [0.15, 0.2) is 54.9 Å². The molecule has 1 aromatic carbocycles. The summed E-state index contributed by atoms with van der Waals surface area (Å²) in [7, 11) is 1.62. The van der Waals surface area contributed by atoms with Crippen molar-refractivity contribution >= 4 is 17.5 Å². The number of nitrogens with one attached hydrogen (secondary N) is 1. The van der Waals surface area contributed by atoms with Gasteiger partial charge in [0.05, 0.1) is 11.4 Å². The van der Waals surface area contributed by atoms with E-state index in [0.29, 0.717) is 47.0 Å². The number of nitrogens with zero attached hydrogens (tertiary/aromatic N) is 3. The van der Waals surface area contributed by atoms with E-state index in [1.807, 2.05) is 6.92 Å². The number of anilines is 1. The van der Waals surface area contributed by atoms with Crippen molar-refractivity contribution in [1.29, 1.82) is 0 Å². The van der Waals surface area contributed by atoms with Gasteiger partial charge in [0, 0.05) is 31.1 Å². The summed E-state index contributed by atoms with van der Waals surface area (Å²) in [4.78, 5) is 35.9. The number of pyridine rings is 2. The van der Waals surface area contributed by atoms with Crippen molar-refractivity contribution in [2.45, 2.75) is 37.8 Å². The van der Waals surface area contributed by atoms with Gasteiger partial charge in [-0.05, 0) is 62.6 Å². The van der Waals surface area contributed by atoms with Crippen LogP contribution in [0.3, 0.4) is 0 Å². The summed E-state index contributed by atoms with van der Waals surface area (Å²) in [6.45, 7) is 1.78. The van der Waals surface area contributed by atoms with Crippen molar-refractivity contribution in [1.82, 2.24) is 15.3 Å². The second-order valence-corrected chi connectivity index (χ2v) is 9.12. The van der Waals surface area contributed by atoms with Crippen LogP contribution in [0.25, 0.3) is 0 Å². The third-order valence-corrected chi connectivity index (χ3v) is 6.43. The quantitative estimate of drug-likeness (QED) is 0.532. The molecule has 9 heteroatoms. The minimum atomic E-state index is -0.929. The fraction of sp³-hybridized carbons (Fsp3) is 0.286. The molecule has 3 aromatic rings. The first kappa shape index (κ1) is 24.3. The number of amides is 2. The number of benzene rings is 1. The number of carbonyl (C=O) groups excluding carboxylic acids is 2. The molecule has 2 amide bonds. The van der Waals surface area contributed by atoms with Crippen LogP contribution in [-0.4, -0.2) is 52.2 Å². The van der Waals surface area contributed by atoms with Gasteiger partial charge in [-0.1, -0.05) is 11.8 Å². The number of hydrogen-bond donors (Lipinski definition) is 2. The summed E-state index contributed by atoms with van der Waals surface area (Å²) in [6, 6.07) is 11.0. The van der Waals surface area contributed by atoms with Crippen LogP contribution in [0.4, 0.5) is 5.69 Å². The van der Waals surface area contributed by atoms with Gasteiger partial charge in [0.1, 0.15) is 41.2 Å². The van der Waals surface area contributed by atoms with E-state index in [1.54, 1.807) is 49.6 Å². The molecule has 2 aromatic heterocycles. The molecule has 5 rings (SSSR count). The fourth-order valence-electron chi connectivity index (χ4n) is 4.04. The summed E-state index contributed by atoms with van der Waals surface area (Å²) in [5, 5.41) is 13.0. The molecule has 0 bridgehead atoms. The molecule has 2 N–H and O–H groups in total. The van der Waals surface area contributed by atoms with Gasteiger partial charge in [0.25, 0.3) is 11.8 Å². The Morgan fingerprint density at radius 1 is 1.22 bits per heavy atom. The number of fused-ring (bicyclic) bond motifs is 1. The maximum absolute atomic E-state index is 13.2. The Morgan fingerprint density at radius 3 is 2.81 bits per heavy atom.